The van der Waals surface area contributed by atoms with Crippen molar-refractivity contribution in [2.45, 2.75) is 32.1 Å². The van der Waals surface area contributed by atoms with E-state index in [9.17, 15) is 4.79 Å². The Balaban J connectivity index is 1.22. The number of fused-ring (bicyclic) bond motifs is 3. The summed E-state index contributed by atoms with van der Waals surface area (Å²) in [4.78, 5) is 12.0. The Kier molecular flexibility index (Phi) is 3.85. The van der Waals surface area contributed by atoms with E-state index in [1.54, 1.807) is 0 Å². The van der Waals surface area contributed by atoms with Crippen LogP contribution in [0.2, 0.25) is 0 Å². The zero-order valence-electron chi connectivity index (χ0n) is 13.2. The van der Waals surface area contributed by atoms with Crippen molar-refractivity contribution in [3.8, 4) is 0 Å². The first-order chi connectivity index (χ1) is 11.3. The van der Waals surface area contributed by atoms with Crippen molar-refractivity contribution < 1.29 is 4.79 Å². The quantitative estimate of drug-likeness (QED) is 0.833. The maximum Gasteiger partial charge on any atom is 0.220 e. The third-order valence-corrected chi connectivity index (χ3v) is 5.17. The first-order valence-electron chi connectivity index (χ1n) is 8.53. The minimum absolute atomic E-state index is 0.158. The van der Waals surface area contributed by atoms with Crippen LogP contribution in [-0.4, -0.2) is 27.0 Å². The molecule has 0 aromatic carbocycles. The van der Waals surface area contributed by atoms with Crippen molar-refractivity contribution in [2.75, 3.05) is 6.54 Å². The van der Waals surface area contributed by atoms with Gasteiger partial charge in [-0.15, -0.1) is 10.2 Å². The summed E-state index contributed by atoms with van der Waals surface area (Å²) in [6, 6.07) is 5.86. The van der Waals surface area contributed by atoms with Gasteiger partial charge < -0.3 is 5.32 Å². The second-order valence-electron chi connectivity index (χ2n) is 6.74. The van der Waals surface area contributed by atoms with Crippen LogP contribution in [0.4, 0.5) is 0 Å². The fourth-order valence-electron chi connectivity index (χ4n) is 3.93. The molecule has 2 aromatic rings. The molecule has 0 spiro atoms. The van der Waals surface area contributed by atoms with Gasteiger partial charge >= 0.3 is 0 Å². The highest BCUT2D eigenvalue weighted by atomic mass is 16.1. The molecule has 2 aliphatic carbocycles. The van der Waals surface area contributed by atoms with Crippen molar-refractivity contribution in [3.63, 3.8) is 0 Å². The first-order valence-corrected chi connectivity index (χ1v) is 8.53. The van der Waals surface area contributed by atoms with E-state index in [0.29, 0.717) is 18.3 Å². The van der Waals surface area contributed by atoms with E-state index < -0.39 is 0 Å². The molecule has 1 N–H and O–H groups in total. The number of carbonyl (C=O) groups is 1. The number of nitrogens with one attached hydrogen (secondary N) is 1. The van der Waals surface area contributed by atoms with Gasteiger partial charge in [-0.1, -0.05) is 18.2 Å². The minimum atomic E-state index is 0.158. The summed E-state index contributed by atoms with van der Waals surface area (Å²) in [5.41, 5.74) is 0.858. The number of rotatable bonds is 6. The summed E-state index contributed by atoms with van der Waals surface area (Å²) in [6.07, 6.45) is 11.3. The lowest BCUT2D eigenvalue weighted by Crippen LogP contribution is -2.30. The highest BCUT2D eigenvalue weighted by molar-refractivity contribution is 5.75. The summed E-state index contributed by atoms with van der Waals surface area (Å²) in [5.74, 6) is 3.19. The average Bonchev–Trinajstić information content (AvgIpc) is 3.28. The molecule has 0 unspecified atom stereocenters. The summed E-state index contributed by atoms with van der Waals surface area (Å²) >= 11 is 0. The maximum absolute atomic E-state index is 12.0. The van der Waals surface area contributed by atoms with E-state index >= 15 is 0 Å². The van der Waals surface area contributed by atoms with E-state index in [4.69, 9.17) is 0 Å². The number of hydrogen-bond donors (Lipinski definition) is 1. The lowest BCUT2D eigenvalue weighted by molar-refractivity contribution is -0.121. The molecule has 120 valence electrons. The first kappa shape index (κ1) is 14.4. The molecule has 5 nitrogen and oxygen atoms in total. The van der Waals surface area contributed by atoms with Crippen LogP contribution >= 0.6 is 0 Å². The molecule has 0 radical (unpaired) electrons. The SMILES string of the molecule is O=C(CCCc1nnc2ccccn12)NC[C@@H]1C[C@H]2C=C[C@H]1C2. The number of allylic oxidation sites excluding steroid dienone is 2. The molecule has 0 aliphatic heterocycles. The van der Waals surface area contributed by atoms with Crippen molar-refractivity contribution in [1.82, 2.24) is 19.9 Å². The van der Waals surface area contributed by atoms with Crippen LogP contribution in [0.15, 0.2) is 36.5 Å². The van der Waals surface area contributed by atoms with E-state index in [-0.39, 0.29) is 5.91 Å². The fourth-order valence-corrected chi connectivity index (χ4v) is 3.93. The highest BCUT2D eigenvalue weighted by Gasteiger charge is 2.35. The second-order valence-corrected chi connectivity index (χ2v) is 6.74. The van der Waals surface area contributed by atoms with Gasteiger partial charge in [0.05, 0.1) is 0 Å². The fraction of sp³-hybridized carbons (Fsp3) is 0.500. The number of pyridine rings is 1. The van der Waals surface area contributed by atoms with Crippen LogP contribution in [0.25, 0.3) is 5.65 Å². The monoisotopic (exact) mass is 310 g/mol. The predicted octanol–water partition coefficient (Wildman–Crippen LogP) is 2.38. The standard InChI is InChI=1S/C18H22N4O/c23-18(19-12-15-11-13-7-8-14(15)10-13)6-3-5-17-21-20-16-4-1-2-9-22(16)17/h1-2,4,7-9,13-15H,3,5-6,10-12H2,(H,19,23)/t13-,14-,15-/m0/s1. The number of aromatic nitrogens is 3. The summed E-state index contributed by atoms with van der Waals surface area (Å²) in [7, 11) is 0. The Morgan fingerprint density at radius 1 is 1.26 bits per heavy atom. The Labute approximate surface area is 135 Å². The third-order valence-electron chi connectivity index (χ3n) is 5.17. The number of aryl methyl sites for hydroxylation is 1. The molecule has 2 aliphatic rings. The second kappa shape index (κ2) is 6.14. The molecule has 2 aromatic heterocycles. The Hall–Kier alpha value is -2.17. The van der Waals surface area contributed by atoms with Gasteiger partial charge in [-0.3, -0.25) is 9.20 Å². The summed E-state index contributed by atoms with van der Waals surface area (Å²) < 4.78 is 1.99. The number of hydrogen-bond acceptors (Lipinski definition) is 3. The molecule has 4 rings (SSSR count). The van der Waals surface area contributed by atoms with Gasteiger partial charge in [-0.05, 0) is 49.1 Å². The summed E-state index contributed by atoms with van der Waals surface area (Å²) in [6.45, 7) is 0.832. The number of carbonyl (C=O) groups excluding carboxylic acids is 1. The van der Waals surface area contributed by atoms with Crippen LogP contribution < -0.4 is 5.32 Å². The highest BCUT2D eigenvalue weighted by Crippen LogP contribution is 2.42. The minimum Gasteiger partial charge on any atom is -0.356 e. The van der Waals surface area contributed by atoms with Crippen LogP contribution in [0.3, 0.4) is 0 Å². The molecule has 23 heavy (non-hydrogen) atoms. The van der Waals surface area contributed by atoms with Crippen LogP contribution in [0, 0.1) is 17.8 Å². The maximum atomic E-state index is 12.0. The van der Waals surface area contributed by atoms with Gasteiger partial charge in [0.2, 0.25) is 5.91 Å². The molecule has 2 bridgehead atoms. The van der Waals surface area contributed by atoms with E-state index in [1.807, 2.05) is 28.8 Å². The molecule has 1 amide bonds. The zero-order valence-corrected chi connectivity index (χ0v) is 13.2. The lowest BCUT2D eigenvalue weighted by Gasteiger charge is -2.18. The number of amides is 1. The van der Waals surface area contributed by atoms with Gasteiger partial charge in [0, 0.05) is 25.6 Å². The third kappa shape index (κ3) is 3.00. The largest absolute Gasteiger partial charge is 0.356 e. The van der Waals surface area contributed by atoms with Gasteiger partial charge in [-0.2, -0.15) is 0 Å². The van der Waals surface area contributed by atoms with Crippen LogP contribution in [0.5, 0.6) is 0 Å². The Morgan fingerprint density at radius 2 is 2.22 bits per heavy atom. The molecule has 3 atom stereocenters. The van der Waals surface area contributed by atoms with Crippen molar-refractivity contribution in [3.05, 3.63) is 42.4 Å². The van der Waals surface area contributed by atoms with Crippen LogP contribution in [0.1, 0.15) is 31.5 Å². The van der Waals surface area contributed by atoms with Gasteiger partial charge in [-0.25, -0.2) is 0 Å². The lowest BCUT2D eigenvalue weighted by atomic mass is 9.93. The van der Waals surface area contributed by atoms with E-state index in [1.165, 1.54) is 12.8 Å². The molecule has 1 saturated carbocycles. The van der Waals surface area contributed by atoms with E-state index in [0.717, 1.165) is 36.8 Å². The van der Waals surface area contributed by atoms with Gasteiger partial charge in [0.1, 0.15) is 5.82 Å². The number of nitrogens with zero attached hydrogens (tertiary/aromatic N) is 3. The molecular formula is C18H22N4O. The molecular weight excluding hydrogens is 288 g/mol. The van der Waals surface area contributed by atoms with Gasteiger partial charge in [0.15, 0.2) is 5.65 Å². The molecule has 1 fully saturated rings. The average molecular weight is 310 g/mol. The van der Waals surface area contributed by atoms with E-state index in [2.05, 4.69) is 27.7 Å². The van der Waals surface area contributed by atoms with Crippen LogP contribution in [-0.2, 0) is 11.2 Å². The Bertz CT molecular complexity index is 735. The van der Waals surface area contributed by atoms with Crippen molar-refractivity contribution in [2.24, 2.45) is 17.8 Å². The normalized spacial score (nSPS) is 25.3. The molecule has 0 saturated heterocycles. The zero-order chi connectivity index (χ0) is 15.6. The Morgan fingerprint density at radius 3 is 3.04 bits per heavy atom. The van der Waals surface area contributed by atoms with Crippen molar-refractivity contribution in [1.29, 1.82) is 0 Å². The topological polar surface area (TPSA) is 59.3 Å². The van der Waals surface area contributed by atoms with Crippen molar-refractivity contribution >= 4 is 11.6 Å². The smallest absolute Gasteiger partial charge is 0.220 e. The predicted molar refractivity (Wildman–Crippen MR) is 87.8 cm³/mol. The molecule has 2 heterocycles. The molecule has 5 heteroatoms. The van der Waals surface area contributed by atoms with Gasteiger partial charge in [0.25, 0.3) is 0 Å². The summed E-state index contributed by atoms with van der Waals surface area (Å²) in [5, 5.41) is 11.4.